The van der Waals surface area contributed by atoms with Crippen molar-refractivity contribution in [1.29, 1.82) is 10.5 Å². The maximum atomic E-state index is 10.1. The molecule has 0 amide bonds. The monoisotopic (exact) mass is 344 g/mol. The Morgan fingerprint density at radius 1 is 1.17 bits per heavy atom. The number of benzene rings is 1. The Bertz CT molecular complexity index is 805. The van der Waals surface area contributed by atoms with Crippen molar-refractivity contribution in [1.82, 2.24) is 0 Å². The van der Waals surface area contributed by atoms with E-state index in [9.17, 15) is 10.5 Å². The van der Waals surface area contributed by atoms with Gasteiger partial charge in [-0.3, -0.25) is 0 Å². The zero-order chi connectivity index (χ0) is 17.8. The standard InChI is InChI=1S/C17H17ClN4O2/c1-4-14(11-5-7-12(18)8-6-11)15(9-19)13(21)22-17(23-2,24-3)16(14,15)10-20/h5-8H,4H2,1-3H3,(H2,21,22)/t14-,15+,16-/m1/s1. The van der Waals surface area contributed by atoms with Crippen molar-refractivity contribution in [3.8, 4) is 12.1 Å². The van der Waals surface area contributed by atoms with E-state index >= 15 is 0 Å². The summed E-state index contributed by atoms with van der Waals surface area (Å²) in [7, 11) is 2.79. The van der Waals surface area contributed by atoms with Crippen LogP contribution in [0.15, 0.2) is 29.3 Å². The summed E-state index contributed by atoms with van der Waals surface area (Å²) in [6.45, 7) is 1.91. The van der Waals surface area contributed by atoms with Gasteiger partial charge in [-0.1, -0.05) is 30.7 Å². The van der Waals surface area contributed by atoms with Crippen molar-refractivity contribution in [3.05, 3.63) is 34.9 Å². The highest BCUT2D eigenvalue weighted by Gasteiger charge is 3.00. The van der Waals surface area contributed by atoms with Crippen molar-refractivity contribution in [2.24, 2.45) is 21.6 Å². The summed E-state index contributed by atoms with van der Waals surface area (Å²) in [5.74, 6) is -1.57. The fourth-order valence-corrected chi connectivity index (χ4v) is 4.87. The topological polar surface area (TPSA) is 104 Å². The maximum Gasteiger partial charge on any atom is 0.293 e. The zero-order valence-electron chi connectivity index (χ0n) is 13.6. The molecule has 0 unspecified atom stereocenters. The molecule has 1 fully saturated rings. The van der Waals surface area contributed by atoms with Crippen LogP contribution in [-0.2, 0) is 14.9 Å². The lowest BCUT2D eigenvalue weighted by atomic mass is 9.80. The molecule has 7 heteroatoms. The first-order valence-corrected chi connectivity index (χ1v) is 7.86. The summed E-state index contributed by atoms with van der Waals surface area (Å²) in [5.41, 5.74) is 3.36. The molecular formula is C17H17ClN4O2. The molecule has 24 heavy (non-hydrogen) atoms. The number of halogens is 1. The number of aliphatic imine (C=N–C) groups is 1. The SMILES string of the molecule is CC[C@@]1(c2ccc(Cl)cc2)[C@]2(C#N)C(N)=NC(OC)(OC)[C@@]21C#N. The Labute approximate surface area is 145 Å². The fraction of sp³-hybridized carbons (Fsp3) is 0.471. The van der Waals surface area contributed by atoms with Crippen molar-refractivity contribution < 1.29 is 9.47 Å². The van der Waals surface area contributed by atoms with E-state index in [4.69, 9.17) is 26.8 Å². The molecule has 6 nitrogen and oxygen atoms in total. The highest BCUT2D eigenvalue weighted by Crippen LogP contribution is 2.86. The Morgan fingerprint density at radius 2 is 1.75 bits per heavy atom. The van der Waals surface area contributed by atoms with E-state index in [0.717, 1.165) is 5.56 Å². The number of fused-ring (bicyclic) bond motifs is 1. The molecule has 1 aliphatic carbocycles. The molecule has 1 saturated carbocycles. The van der Waals surface area contributed by atoms with Gasteiger partial charge in [0.05, 0.1) is 17.6 Å². The number of hydrogen-bond acceptors (Lipinski definition) is 6. The molecule has 2 N–H and O–H groups in total. The molecule has 3 rings (SSSR count). The minimum Gasteiger partial charge on any atom is -0.386 e. The number of methoxy groups -OCH3 is 2. The van der Waals surface area contributed by atoms with Crippen LogP contribution in [-0.4, -0.2) is 26.0 Å². The molecule has 3 atom stereocenters. The minimum atomic E-state index is -1.63. The largest absolute Gasteiger partial charge is 0.386 e. The van der Waals surface area contributed by atoms with Gasteiger partial charge < -0.3 is 15.2 Å². The first kappa shape index (κ1) is 16.7. The molecule has 0 aromatic heterocycles. The van der Waals surface area contributed by atoms with Crippen LogP contribution < -0.4 is 5.73 Å². The number of nitrogens with zero attached hydrogens (tertiary/aromatic N) is 3. The highest BCUT2D eigenvalue weighted by molar-refractivity contribution is 6.30. The number of hydrogen-bond donors (Lipinski definition) is 1. The number of amidine groups is 1. The van der Waals surface area contributed by atoms with E-state index in [0.29, 0.717) is 11.4 Å². The maximum absolute atomic E-state index is 10.1. The second kappa shape index (κ2) is 4.94. The van der Waals surface area contributed by atoms with Crippen LogP contribution in [0.5, 0.6) is 0 Å². The molecule has 0 bridgehead atoms. The van der Waals surface area contributed by atoms with Crippen LogP contribution in [0.4, 0.5) is 0 Å². The Balaban J connectivity index is 2.38. The van der Waals surface area contributed by atoms with Crippen molar-refractivity contribution in [3.63, 3.8) is 0 Å². The van der Waals surface area contributed by atoms with E-state index in [2.05, 4.69) is 17.1 Å². The number of rotatable bonds is 4. The second-order valence-electron chi connectivity index (χ2n) is 5.98. The smallest absolute Gasteiger partial charge is 0.293 e. The molecule has 0 spiro atoms. The Kier molecular flexibility index (Phi) is 3.44. The third-order valence-corrected chi connectivity index (χ3v) is 5.91. The van der Waals surface area contributed by atoms with Crippen LogP contribution in [0.25, 0.3) is 0 Å². The lowest BCUT2D eigenvalue weighted by molar-refractivity contribution is -0.234. The van der Waals surface area contributed by atoms with Gasteiger partial charge in [0.2, 0.25) is 0 Å². The highest BCUT2D eigenvalue weighted by atomic mass is 35.5. The van der Waals surface area contributed by atoms with Gasteiger partial charge in [-0.15, -0.1) is 0 Å². The van der Waals surface area contributed by atoms with E-state index in [1.165, 1.54) is 14.2 Å². The molecule has 0 saturated heterocycles. The molecule has 1 aromatic rings. The molecule has 1 heterocycles. The zero-order valence-corrected chi connectivity index (χ0v) is 14.4. The number of nitriles is 2. The van der Waals surface area contributed by atoms with Gasteiger partial charge in [0, 0.05) is 19.2 Å². The summed E-state index contributed by atoms with van der Waals surface area (Å²) < 4.78 is 11.0. The van der Waals surface area contributed by atoms with Gasteiger partial charge in [0.25, 0.3) is 5.91 Å². The molecule has 124 valence electrons. The van der Waals surface area contributed by atoms with Crippen molar-refractivity contribution in [2.75, 3.05) is 14.2 Å². The van der Waals surface area contributed by atoms with Crippen LogP contribution in [0.3, 0.4) is 0 Å². The summed E-state index contributed by atoms with van der Waals surface area (Å²) in [5, 5.41) is 20.8. The Morgan fingerprint density at radius 3 is 2.17 bits per heavy atom. The van der Waals surface area contributed by atoms with E-state index < -0.39 is 22.2 Å². The van der Waals surface area contributed by atoms with Crippen LogP contribution in [0.2, 0.25) is 5.02 Å². The average Bonchev–Trinajstić information content (AvgIpc) is 3.10. The number of nitrogens with two attached hydrogens (primary N) is 1. The van der Waals surface area contributed by atoms with E-state index in [1.54, 1.807) is 12.1 Å². The predicted octanol–water partition coefficient (Wildman–Crippen LogP) is 2.34. The number of ether oxygens (including phenoxy) is 2. The van der Waals surface area contributed by atoms with Crippen molar-refractivity contribution in [2.45, 2.75) is 24.7 Å². The molecular weight excluding hydrogens is 328 g/mol. The summed E-state index contributed by atoms with van der Waals surface area (Å²) in [4.78, 5) is 4.24. The summed E-state index contributed by atoms with van der Waals surface area (Å²) in [6.07, 6.45) is 0.487. The van der Waals surface area contributed by atoms with Gasteiger partial charge in [0.1, 0.15) is 5.84 Å². The van der Waals surface area contributed by atoms with Gasteiger partial charge >= 0.3 is 0 Å². The summed E-state index contributed by atoms with van der Waals surface area (Å²) in [6, 6.07) is 11.6. The quantitative estimate of drug-likeness (QED) is 0.844. The molecule has 1 aliphatic heterocycles. The predicted molar refractivity (Wildman–Crippen MR) is 87.9 cm³/mol. The lowest BCUT2D eigenvalue weighted by Crippen LogP contribution is -2.45. The fourth-order valence-electron chi connectivity index (χ4n) is 4.74. The Hall–Kier alpha value is -2.12. The van der Waals surface area contributed by atoms with Crippen molar-refractivity contribution >= 4 is 17.4 Å². The second-order valence-corrected chi connectivity index (χ2v) is 6.41. The van der Waals surface area contributed by atoms with E-state index in [-0.39, 0.29) is 5.84 Å². The van der Waals surface area contributed by atoms with Gasteiger partial charge in [-0.25, -0.2) is 4.99 Å². The van der Waals surface area contributed by atoms with Gasteiger partial charge in [-0.2, -0.15) is 10.5 Å². The normalized spacial score (nSPS) is 35.5. The van der Waals surface area contributed by atoms with Crippen LogP contribution >= 0.6 is 11.6 Å². The molecule has 0 radical (unpaired) electrons. The molecule has 1 aromatic carbocycles. The average molecular weight is 345 g/mol. The van der Waals surface area contributed by atoms with Crippen LogP contribution in [0.1, 0.15) is 18.9 Å². The van der Waals surface area contributed by atoms with Gasteiger partial charge in [0.15, 0.2) is 10.8 Å². The first-order chi connectivity index (χ1) is 11.4. The van der Waals surface area contributed by atoms with Gasteiger partial charge in [-0.05, 0) is 24.1 Å². The third kappa shape index (κ3) is 1.30. The summed E-state index contributed by atoms with van der Waals surface area (Å²) >= 11 is 5.99. The minimum absolute atomic E-state index is 0.0621. The van der Waals surface area contributed by atoms with Crippen LogP contribution in [0, 0.1) is 33.5 Å². The van der Waals surface area contributed by atoms with E-state index in [1.807, 2.05) is 19.1 Å². The third-order valence-electron chi connectivity index (χ3n) is 5.66. The molecule has 2 aliphatic rings. The first-order valence-electron chi connectivity index (χ1n) is 7.48. The lowest BCUT2D eigenvalue weighted by Gasteiger charge is -2.33.